The minimum atomic E-state index is -1.07. The zero-order chi connectivity index (χ0) is 24.1. The number of nitrogens with two attached hydrogens (primary N) is 1. The molecule has 2 aromatic carbocycles. The lowest BCUT2D eigenvalue weighted by Gasteiger charge is -2.17. The molecule has 3 rings (SSSR count). The van der Waals surface area contributed by atoms with E-state index in [9.17, 15) is 9.90 Å². The number of hydrogen-bond acceptors (Lipinski definition) is 9. The molecule has 0 aliphatic rings. The van der Waals surface area contributed by atoms with Gasteiger partial charge >= 0.3 is 0 Å². The van der Waals surface area contributed by atoms with Gasteiger partial charge in [-0.15, -0.1) is 0 Å². The second-order valence-electron chi connectivity index (χ2n) is 7.16. The molecule has 0 fully saturated rings. The number of carbonyl (C=O) groups is 1. The van der Waals surface area contributed by atoms with Gasteiger partial charge in [0.1, 0.15) is 11.8 Å². The average molecular weight is 474 g/mol. The predicted molar refractivity (Wildman–Crippen MR) is 127 cm³/mol. The number of amides is 1. The van der Waals surface area contributed by atoms with Gasteiger partial charge in [0.15, 0.2) is 11.5 Å². The summed E-state index contributed by atoms with van der Waals surface area (Å²) in [6.45, 7) is 1.46. The molecule has 0 aliphatic carbocycles. The summed E-state index contributed by atoms with van der Waals surface area (Å²) in [5, 5.41) is 14.3. The fourth-order valence-electron chi connectivity index (χ4n) is 3.28. The number of rotatable bonds is 9. The number of methoxy groups -OCH3 is 4. The molecule has 33 heavy (non-hydrogen) atoms. The Morgan fingerprint density at radius 3 is 2.18 bits per heavy atom. The second kappa shape index (κ2) is 10.5. The van der Waals surface area contributed by atoms with E-state index >= 15 is 0 Å². The second-order valence-corrected chi connectivity index (χ2v) is 7.79. The third-order valence-electron chi connectivity index (χ3n) is 5.10. The maximum Gasteiger partial charge on any atom is 0.244 e. The van der Waals surface area contributed by atoms with Crippen LogP contribution < -0.4 is 30.0 Å². The van der Waals surface area contributed by atoms with Crippen molar-refractivity contribution >= 4 is 23.1 Å². The van der Waals surface area contributed by atoms with Gasteiger partial charge in [-0.25, -0.2) is 0 Å². The Morgan fingerprint density at radius 2 is 1.64 bits per heavy atom. The molecule has 0 saturated carbocycles. The minimum Gasteiger partial charge on any atom is -0.495 e. The topological polar surface area (TPSA) is 125 Å². The van der Waals surface area contributed by atoms with Gasteiger partial charge in [-0.2, -0.15) is 4.37 Å². The molecular weight excluding hydrogens is 446 g/mol. The van der Waals surface area contributed by atoms with E-state index in [0.29, 0.717) is 34.4 Å². The molecule has 1 unspecified atom stereocenters. The number of nitrogens with zero attached hydrogens (tertiary/aromatic N) is 1. The molecule has 0 aliphatic heterocycles. The summed E-state index contributed by atoms with van der Waals surface area (Å²) in [4.78, 5) is 12.4. The van der Waals surface area contributed by atoms with Gasteiger partial charge in [0.25, 0.3) is 0 Å². The first kappa shape index (κ1) is 24.3. The van der Waals surface area contributed by atoms with Crippen LogP contribution in [0.5, 0.6) is 23.0 Å². The van der Waals surface area contributed by atoms with Crippen molar-refractivity contribution in [1.82, 2.24) is 4.37 Å². The highest BCUT2D eigenvalue weighted by molar-refractivity contribution is 7.04. The molecule has 10 heteroatoms. The van der Waals surface area contributed by atoms with E-state index in [1.165, 1.54) is 25.6 Å². The number of benzene rings is 2. The van der Waals surface area contributed by atoms with E-state index in [1.807, 2.05) is 23.6 Å². The first-order valence-corrected chi connectivity index (χ1v) is 10.9. The molecule has 2 atom stereocenters. The van der Waals surface area contributed by atoms with Gasteiger partial charge in [-0.1, -0.05) is 6.07 Å². The molecule has 0 spiro atoms. The average Bonchev–Trinajstić information content (AvgIpc) is 3.32. The molecule has 3 aromatic rings. The molecule has 9 nitrogen and oxygen atoms in total. The molecule has 0 bridgehead atoms. The maximum absolute atomic E-state index is 12.4. The Hall–Kier alpha value is -3.34. The Bertz CT molecular complexity index is 1110. The summed E-state index contributed by atoms with van der Waals surface area (Å²) in [6.07, 6.45) is -0.994. The van der Waals surface area contributed by atoms with Crippen LogP contribution in [0.2, 0.25) is 0 Å². The van der Waals surface area contributed by atoms with Crippen LogP contribution >= 0.6 is 11.5 Å². The van der Waals surface area contributed by atoms with Crippen molar-refractivity contribution in [3.8, 4) is 45.4 Å². The highest BCUT2D eigenvalue weighted by Gasteiger charge is 2.22. The van der Waals surface area contributed by atoms with Crippen molar-refractivity contribution < 1.29 is 28.8 Å². The summed E-state index contributed by atoms with van der Waals surface area (Å²) in [5.41, 5.74) is 9.32. The van der Waals surface area contributed by atoms with Gasteiger partial charge in [0.2, 0.25) is 11.7 Å². The van der Waals surface area contributed by atoms with Crippen LogP contribution in [0, 0.1) is 0 Å². The lowest BCUT2D eigenvalue weighted by atomic mass is 10.0. The van der Waals surface area contributed by atoms with Gasteiger partial charge in [0, 0.05) is 16.5 Å². The first-order chi connectivity index (χ1) is 15.8. The molecule has 0 saturated heterocycles. The maximum atomic E-state index is 12.4. The van der Waals surface area contributed by atoms with Crippen LogP contribution in [-0.4, -0.2) is 56.0 Å². The number of nitrogens with one attached hydrogen (secondary N) is 1. The molecular formula is C23H27N3O6S. The summed E-state index contributed by atoms with van der Waals surface area (Å²) in [6, 6.07) is 7.97. The Morgan fingerprint density at radius 1 is 1.00 bits per heavy atom. The van der Waals surface area contributed by atoms with E-state index < -0.39 is 18.1 Å². The van der Waals surface area contributed by atoms with Crippen molar-refractivity contribution in [3.63, 3.8) is 0 Å². The summed E-state index contributed by atoms with van der Waals surface area (Å²) >= 11 is 1.30. The normalized spacial score (nSPS) is 12.6. The zero-order valence-electron chi connectivity index (χ0n) is 19.0. The fraction of sp³-hybridized carbons (Fsp3) is 0.304. The standard InChI is InChI=1S/C23H27N3O6S/c1-12(27)20(24)23(28)25-16-8-13(6-7-17(16)29-2)15-11-33-26-21(15)14-9-18(30-3)22(32-5)19(10-14)31-4/h6-12,20,27H,24H2,1-5H3,(H,25,28)/t12?,20-/m0/s1. The van der Waals surface area contributed by atoms with Crippen LogP contribution in [0.4, 0.5) is 5.69 Å². The molecule has 1 aromatic heterocycles. The zero-order valence-corrected chi connectivity index (χ0v) is 19.9. The minimum absolute atomic E-state index is 0.429. The van der Waals surface area contributed by atoms with E-state index in [2.05, 4.69) is 9.69 Å². The molecule has 1 amide bonds. The van der Waals surface area contributed by atoms with Gasteiger partial charge in [0.05, 0.1) is 45.9 Å². The number of ether oxygens (including phenoxy) is 4. The van der Waals surface area contributed by atoms with Crippen LogP contribution in [0.3, 0.4) is 0 Å². The van der Waals surface area contributed by atoms with Crippen LogP contribution in [0.1, 0.15) is 6.92 Å². The Kier molecular flexibility index (Phi) is 7.75. The molecule has 4 N–H and O–H groups in total. The first-order valence-electron chi connectivity index (χ1n) is 10.0. The van der Waals surface area contributed by atoms with Crippen LogP contribution in [-0.2, 0) is 4.79 Å². The lowest BCUT2D eigenvalue weighted by Crippen LogP contribution is -2.43. The van der Waals surface area contributed by atoms with Crippen molar-refractivity contribution in [1.29, 1.82) is 0 Å². The number of aliphatic hydroxyl groups excluding tert-OH is 1. The van der Waals surface area contributed by atoms with E-state index in [0.717, 1.165) is 16.7 Å². The van der Waals surface area contributed by atoms with Crippen LogP contribution in [0.15, 0.2) is 35.7 Å². The number of anilines is 1. The van der Waals surface area contributed by atoms with Gasteiger partial charge in [-0.05, 0) is 48.3 Å². The quantitative estimate of drug-likeness (QED) is 0.433. The largest absolute Gasteiger partial charge is 0.495 e. The van der Waals surface area contributed by atoms with E-state index in [-0.39, 0.29) is 0 Å². The van der Waals surface area contributed by atoms with Gasteiger partial charge in [-0.3, -0.25) is 4.79 Å². The van der Waals surface area contributed by atoms with Crippen molar-refractivity contribution in [2.24, 2.45) is 5.73 Å². The third-order valence-corrected chi connectivity index (χ3v) is 5.73. The molecule has 1 heterocycles. The number of hydrogen-bond donors (Lipinski definition) is 3. The summed E-state index contributed by atoms with van der Waals surface area (Å²) < 4.78 is 26.3. The summed E-state index contributed by atoms with van der Waals surface area (Å²) in [7, 11) is 6.16. The third kappa shape index (κ3) is 5.03. The molecule has 176 valence electrons. The van der Waals surface area contributed by atoms with Gasteiger partial charge < -0.3 is 35.1 Å². The van der Waals surface area contributed by atoms with E-state index in [4.69, 9.17) is 24.7 Å². The SMILES string of the molecule is COc1ccc(-c2csnc2-c2cc(OC)c(OC)c(OC)c2)cc1NC(=O)[C@@H](N)C(C)O. The smallest absolute Gasteiger partial charge is 0.244 e. The monoisotopic (exact) mass is 473 g/mol. The fourth-order valence-corrected chi connectivity index (χ4v) is 3.99. The van der Waals surface area contributed by atoms with Crippen molar-refractivity contribution in [2.45, 2.75) is 19.1 Å². The lowest BCUT2D eigenvalue weighted by molar-refractivity contribution is -0.119. The molecule has 0 radical (unpaired) electrons. The highest BCUT2D eigenvalue weighted by atomic mass is 32.1. The number of aliphatic hydroxyl groups is 1. The number of carbonyl (C=O) groups excluding carboxylic acids is 1. The number of aromatic nitrogens is 1. The predicted octanol–water partition coefficient (Wildman–Crippen LogP) is 3.16. The Labute approximate surface area is 196 Å². The van der Waals surface area contributed by atoms with Crippen molar-refractivity contribution in [3.05, 3.63) is 35.7 Å². The van der Waals surface area contributed by atoms with E-state index in [1.54, 1.807) is 33.5 Å². The highest BCUT2D eigenvalue weighted by Crippen LogP contribution is 2.44. The van der Waals surface area contributed by atoms with Crippen molar-refractivity contribution in [2.75, 3.05) is 33.8 Å². The Balaban J connectivity index is 2.06. The summed E-state index contributed by atoms with van der Waals surface area (Å²) in [5.74, 6) is 1.46. The van der Waals surface area contributed by atoms with Crippen LogP contribution in [0.25, 0.3) is 22.4 Å².